The predicted molar refractivity (Wildman–Crippen MR) is 147 cm³/mol. The second-order valence-corrected chi connectivity index (χ2v) is 9.21. The minimum atomic E-state index is 0.321. The van der Waals surface area contributed by atoms with Gasteiger partial charge in [-0.15, -0.1) is 0 Å². The summed E-state index contributed by atoms with van der Waals surface area (Å²) >= 11 is 0. The number of nitrogens with zero attached hydrogens (tertiary/aromatic N) is 9. The van der Waals surface area contributed by atoms with Crippen molar-refractivity contribution >= 4 is 40.9 Å². The molecule has 3 aromatic heterocycles. The second kappa shape index (κ2) is 10.4. The van der Waals surface area contributed by atoms with E-state index in [9.17, 15) is 0 Å². The van der Waals surface area contributed by atoms with Crippen LogP contribution < -0.4 is 19.7 Å². The summed E-state index contributed by atoms with van der Waals surface area (Å²) in [7, 11) is 7.60. The number of pyridine rings is 1. The molecule has 1 fully saturated rings. The van der Waals surface area contributed by atoms with Crippen LogP contribution in [0.25, 0.3) is 17.0 Å². The molecule has 4 heterocycles. The van der Waals surface area contributed by atoms with Crippen LogP contribution in [0, 0.1) is 6.92 Å². The minimum Gasteiger partial charge on any atom is -0.479 e. The van der Waals surface area contributed by atoms with Crippen molar-refractivity contribution in [3.8, 4) is 11.6 Å². The number of hydrogen-bond acceptors (Lipinski definition) is 11. The molecule has 0 unspecified atom stereocenters. The van der Waals surface area contributed by atoms with Gasteiger partial charge in [-0.3, -0.25) is 0 Å². The molecular weight excluding hydrogens is 484 g/mol. The highest BCUT2D eigenvalue weighted by molar-refractivity contribution is 6.02. The number of nitrogens with one attached hydrogen (secondary N) is 1. The van der Waals surface area contributed by atoms with Gasteiger partial charge in [-0.2, -0.15) is 5.10 Å². The van der Waals surface area contributed by atoms with Crippen molar-refractivity contribution < 1.29 is 9.47 Å². The average Bonchev–Trinajstić information content (AvgIpc) is 3.28. The molecule has 196 valence electrons. The van der Waals surface area contributed by atoms with E-state index in [2.05, 4.69) is 66.0 Å². The molecule has 0 atom stereocenters. The normalized spacial score (nSPS) is 14.1. The van der Waals surface area contributed by atoms with E-state index in [1.54, 1.807) is 31.1 Å². The summed E-state index contributed by atoms with van der Waals surface area (Å²) in [5.41, 5.74) is 3.37. The monoisotopic (exact) mass is 514 g/mol. The van der Waals surface area contributed by atoms with E-state index in [-0.39, 0.29) is 0 Å². The Labute approximate surface area is 220 Å². The molecule has 1 aliphatic rings. The van der Waals surface area contributed by atoms with Gasteiger partial charge in [-0.25, -0.2) is 29.6 Å². The molecule has 4 aromatic rings. The molecule has 12 heteroatoms. The predicted octanol–water partition coefficient (Wildman–Crippen LogP) is 3.04. The summed E-state index contributed by atoms with van der Waals surface area (Å²) in [5, 5.41) is 8.37. The maximum atomic E-state index is 5.99. The van der Waals surface area contributed by atoms with E-state index in [0.29, 0.717) is 35.2 Å². The van der Waals surface area contributed by atoms with Crippen molar-refractivity contribution in [2.45, 2.75) is 13.0 Å². The Morgan fingerprint density at radius 1 is 1.18 bits per heavy atom. The SMILES string of the molecule is C=N/C(=C\c1ncnn1C)Oc1ccc(Nc2ncnc3cnc(OC)c(N4CC(N(C)C)C4)c23)cc1C. The van der Waals surface area contributed by atoms with Gasteiger partial charge in [0.05, 0.1) is 24.2 Å². The van der Waals surface area contributed by atoms with Crippen LogP contribution in [-0.2, 0) is 7.05 Å². The Hall–Kier alpha value is -4.58. The van der Waals surface area contributed by atoms with Crippen LogP contribution in [0.3, 0.4) is 0 Å². The topological polar surface area (TPSA) is 119 Å². The van der Waals surface area contributed by atoms with E-state index in [0.717, 1.165) is 40.9 Å². The highest BCUT2D eigenvalue weighted by Crippen LogP contribution is 2.40. The Kier molecular flexibility index (Phi) is 6.88. The lowest BCUT2D eigenvalue weighted by atomic mass is 10.1. The number of fused-ring (bicyclic) bond motifs is 1. The zero-order chi connectivity index (χ0) is 26.8. The van der Waals surface area contributed by atoms with E-state index >= 15 is 0 Å². The summed E-state index contributed by atoms with van der Waals surface area (Å²) < 4.78 is 13.3. The van der Waals surface area contributed by atoms with Crippen molar-refractivity contribution in [2.75, 3.05) is 44.5 Å². The van der Waals surface area contributed by atoms with Crippen molar-refractivity contribution in [1.82, 2.24) is 34.6 Å². The minimum absolute atomic E-state index is 0.321. The maximum absolute atomic E-state index is 5.99. The summed E-state index contributed by atoms with van der Waals surface area (Å²) in [5.74, 6) is 2.79. The Bertz CT molecular complexity index is 1510. The molecule has 1 saturated heterocycles. The van der Waals surface area contributed by atoms with Crippen molar-refractivity contribution in [3.63, 3.8) is 0 Å². The molecule has 0 saturated carbocycles. The number of methoxy groups -OCH3 is 1. The van der Waals surface area contributed by atoms with Crippen LogP contribution in [0.2, 0.25) is 0 Å². The van der Waals surface area contributed by atoms with E-state index in [1.807, 2.05) is 25.1 Å². The molecule has 38 heavy (non-hydrogen) atoms. The van der Waals surface area contributed by atoms with E-state index < -0.39 is 0 Å². The zero-order valence-electron chi connectivity index (χ0n) is 22.1. The first-order valence-electron chi connectivity index (χ1n) is 12.0. The van der Waals surface area contributed by atoms with E-state index in [1.165, 1.54) is 12.7 Å². The molecule has 0 aliphatic carbocycles. The number of anilines is 3. The maximum Gasteiger partial charge on any atom is 0.238 e. The van der Waals surface area contributed by atoms with Crippen LogP contribution in [0.1, 0.15) is 11.4 Å². The number of aryl methyl sites for hydroxylation is 2. The number of likely N-dealkylation sites (N-methyl/N-ethyl adjacent to an activating group) is 1. The molecule has 12 nitrogen and oxygen atoms in total. The van der Waals surface area contributed by atoms with Crippen LogP contribution in [0.15, 0.2) is 47.9 Å². The Balaban J connectivity index is 1.44. The molecule has 1 aliphatic heterocycles. The highest BCUT2D eigenvalue weighted by atomic mass is 16.5. The summed E-state index contributed by atoms with van der Waals surface area (Å²) in [6.45, 7) is 7.30. The summed E-state index contributed by atoms with van der Waals surface area (Å²) in [4.78, 5) is 26.2. The fourth-order valence-corrected chi connectivity index (χ4v) is 4.27. The van der Waals surface area contributed by atoms with Gasteiger partial charge >= 0.3 is 0 Å². The summed E-state index contributed by atoms with van der Waals surface area (Å²) in [6, 6.07) is 6.24. The van der Waals surface area contributed by atoms with Crippen LogP contribution >= 0.6 is 0 Å². The number of ether oxygens (including phenoxy) is 2. The van der Waals surface area contributed by atoms with Gasteiger partial charge in [0.2, 0.25) is 11.8 Å². The molecule has 0 radical (unpaired) electrons. The number of hydrogen-bond donors (Lipinski definition) is 1. The standard InChI is InChI=1S/C26H30N10O2/c1-16-9-17(7-8-20(16)38-22(27-2)10-21-30-15-32-35(21)5)33-25-23-19(29-14-31-25)11-28-26(37-6)24(23)36-12-18(13-36)34(3)4/h7-11,14-15,18H,2,12-13H2,1,3-6H3,(H,29,31,33)/b22-10+. The number of rotatable bonds is 9. The van der Waals surface area contributed by atoms with Crippen molar-refractivity contribution in [2.24, 2.45) is 12.0 Å². The number of benzene rings is 1. The van der Waals surface area contributed by atoms with Gasteiger partial charge in [-0.05, 0) is 51.5 Å². The van der Waals surface area contributed by atoms with Gasteiger partial charge in [0.15, 0.2) is 5.82 Å². The smallest absolute Gasteiger partial charge is 0.238 e. The lowest BCUT2D eigenvalue weighted by molar-refractivity contribution is 0.246. The quantitative estimate of drug-likeness (QED) is 0.264. The second-order valence-electron chi connectivity index (χ2n) is 9.21. The van der Waals surface area contributed by atoms with Gasteiger partial charge in [0.1, 0.15) is 29.9 Å². The lowest BCUT2D eigenvalue weighted by Gasteiger charge is -2.44. The molecular formula is C26H30N10O2. The number of aromatic nitrogens is 6. The third-order valence-corrected chi connectivity index (χ3v) is 6.53. The first-order chi connectivity index (χ1) is 18.4. The molecule has 0 amide bonds. The molecule has 5 rings (SSSR count). The average molecular weight is 515 g/mol. The largest absolute Gasteiger partial charge is 0.479 e. The van der Waals surface area contributed by atoms with Crippen LogP contribution in [-0.4, -0.2) is 81.7 Å². The third kappa shape index (κ3) is 4.85. The Morgan fingerprint density at radius 2 is 2.00 bits per heavy atom. The zero-order valence-corrected chi connectivity index (χ0v) is 22.1. The van der Waals surface area contributed by atoms with Crippen molar-refractivity contribution in [3.05, 3.63) is 54.3 Å². The van der Waals surface area contributed by atoms with Gasteiger partial charge in [-0.1, -0.05) is 0 Å². The van der Waals surface area contributed by atoms with Gasteiger partial charge < -0.3 is 24.6 Å². The van der Waals surface area contributed by atoms with Crippen LogP contribution in [0.4, 0.5) is 17.2 Å². The van der Waals surface area contributed by atoms with Gasteiger partial charge in [0, 0.05) is 37.9 Å². The molecule has 1 aromatic carbocycles. The first-order valence-corrected chi connectivity index (χ1v) is 12.0. The Morgan fingerprint density at radius 3 is 2.66 bits per heavy atom. The lowest BCUT2D eigenvalue weighted by Crippen LogP contribution is -2.57. The van der Waals surface area contributed by atoms with Crippen molar-refractivity contribution in [1.29, 1.82) is 0 Å². The third-order valence-electron chi connectivity index (χ3n) is 6.53. The summed E-state index contributed by atoms with van der Waals surface area (Å²) in [6.07, 6.45) is 6.39. The number of aliphatic imine (C=N–C) groups is 1. The van der Waals surface area contributed by atoms with E-state index in [4.69, 9.17) is 9.47 Å². The molecule has 0 spiro atoms. The first kappa shape index (κ1) is 25.1. The molecule has 0 bridgehead atoms. The molecule has 1 N–H and O–H groups in total. The highest BCUT2D eigenvalue weighted by Gasteiger charge is 2.33. The van der Waals surface area contributed by atoms with Crippen LogP contribution in [0.5, 0.6) is 11.6 Å². The van der Waals surface area contributed by atoms with Gasteiger partial charge in [0.25, 0.3) is 0 Å². The fraction of sp³-hybridized carbons (Fsp3) is 0.308. The fourth-order valence-electron chi connectivity index (χ4n) is 4.27.